The molecule has 0 atom stereocenters. The fourth-order valence-electron chi connectivity index (χ4n) is 3.98. The standard InChI is InChI=1S/C29H28N2O4/c1-4-35-23-14-15-26-24(16-23)29(34)25(28(33)21-8-6-5-7-9-21)17-31(26)18-27(32)30-22-12-10-20(11-13-22)19(2)3/h5-17,19H,4,18H2,1-3H3,(H,30,32). The molecule has 1 aromatic heterocycles. The molecular weight excluding hydrogens is 440 g/mol. The predicted octanol–water partition coefficient (Wildman–Crippen LogP) is 5.39. The minimum absolute atomic E-state index is 0.00596. The Morgan fingerprint density at radius 2 is 1.69 bits per heavy atom. The topological polar surface area (TPSA) is 77.4 Å². The summed E-state index contributed by atoms with van der Waals surface area (Å²) >= 11 is 0. The van der Waals surface area contributed by atoms with Gasteiger partial charge in [-0.3, -0.25) is 14.4 Å². The van der Waals surface area contributed by atoms with E-state index >= 15 is 0 Å². The van der Waals surface area contributed by atoms with E-state index in [2.05, 4.69) is 19.2 Å². The van der Waals surface area contributed by atoms with Crippen LogP contribution in [0.25, 0.3) is 10.9 Å². The summed E-state index contributed by atoms with van der Waals surface area (Å²) in [5.41, 5.74) is 2.44. The Balaban J connectivity index is 1.72. The molecule has 35 heavy (non-hydrogen) atoms. The Hall–Kier alpha value is -4.19. The zero-order valence-corrected chi connectivity index (χ0v) is 20.1. The molecule has 0 saturated heterocycles. The van der Waals surface area contributed by atoms with E-state index in [0.717, 1.165) is 0 Å². The highest BCUT2D eigenvalue weighted by Crippen LogP contribution is 2.21. The summed E-state index contributed by atoms with van der Waals surface area (Å²) in [6, 6.07) is 21.5. The maximum atomic E-state index is 13.3. The number of nitrogens with one attached hydrogen (secondary N) is 1. The summed E-state index contributed by atoms with van der Waals surface area (Å²) in [4.78, 5) is 39.4. The minimum atomic E-state index is -0.392. The van der Waals surface area contributed by atoms with Crippen LogP contribution in [0.4, 0.5) is 5.69 Å². The average molecular weight is 469 g/mol. The number of anilines is 1. The summed E-state index contributed by atoms with van der Waals surface area (Å²) in [7, 11) is 0. The van der Waals surface area contributed by atoms with E-state index in [0.29, 0.717) is 40.4 Å². The second kappa shape index (κ2) is 10.4. The molecule has 4 rings (SSSR count). The van der Waals surface area contributed by atoms with Crippen molar-refractivity contribution in [3.8, 4) is 5.75 Å². The summed E-state index contributed by atoms with van der Waals surface area (Å²) < 4.78 is 7.21. The van der Waals surface area contributed by atoms with Crippen molar-refractivity contribution >= 4 is 28.3 Å². The van der Waals surface area contributed by atoms with Crippen molar-refractivity contribution in [3.05, 3.63) is 106 Å². The zero-order chi connectivity index (χ0) is 24.9. The summed E-state index contributed by atoms with van der Waals surface area (Å²) in [5, 5.41) is 3.23. The van der Waals surface area contributed by atoms with E-state index in [1.807, 2.05) is 37.3 Å². The lowest BCUT2D eigenvalue weighted by Crippen LogP contribution is -2.24. The van der Waals surface area contributed by atoms with Crippen molar-refractivity contribution in [3.63, 3.8) is 0 Å². The van der Waals surface area contributed by atoms with E-state index in [9.17, 15) is 14.4 Å². The number of rotatable bonds is 8. The van der Waals surface area contributed by atoms with Crippen molar-refractivity contribution in [2.45, 2.75) is 33.2 Å². The number of carbonyl (C=O) groups is 2. The van der Waals surface area contributed by atoms with Crippen molar-refractivity contribution in [1.29, 1.82) is 0 Å². The van der Waals surface area contributed by atoms with Gasteiger partial charge in [0.05, 0.1) is 23.1 Å². The number of ether oxygens (including phenoxy) is 1. The van der Waals surface area contributed by atoms with Gasteiger partial charge in [-0.05, 0) is 48.7 Å². The van der Waals surface area contributed by atoms with Gasteiger partial charge in [-0.2, -0.15) is 0 Å². The first-order valence-electron chi connectivity index (χ1n) is 11.7. The average Bonchev–Trinajstić information content (AvgIpc) is 2.86. The van der Waals surface area contributed by atoms with E-state index < -0.39 is 11.2 Å². The minimum Gasteiger partial charge on any atom is -0.494 e. The molecule has 0 spiro atoms. The molecule has 1 N–H and O–H groups in total. The molecule has 6 nitrogen and oxygen atoms in total. The number of hydrogen-bond acceptors (Lipinski definition) is 4. The largest absolute Gasteiger partial charge is 0.494 e. The van der Waals surface area contributed by atoms with Gasteiger partial charge in [-0.15, -0.1) is 0 Å². The van der Waals surface area contributed by atoms with Gasteiger partial charge in [0.15, 0.2) is 5.78 Å². The second-order valence-corrected chi connectivity index (χ2v) is 8.63. The number of ketones is 1. The third-order valence-corrected chi connectivity index (χ3v) is 5.82. The lowest BCUT2D eigenvalue weighted by Gasteiger charge is -2.15. The van der Waals surface area contributed by atoms with Gasteiger partial charge in [0, 0.05) is 17.4 Å². The fourth-order valence-corrected chi connectivity index (χ4v) is 3.98. The van der Waals surface area contributed by atoms with Gasteiger partial charge in [0.25, 0.3) is 0 Å². The van der Waals surface area contributed by atoms with Crippen LogP contribution in [0.3, 0.4) is 0 Å². The van der Waals surface area contributed by atoms with Crippen molar-refractivity contribution < 1.29 is 14.3 Å². The Kier molecular flexibility index (Phi) is 7.11. The molecule has 0 fully saturated rings. The maximum Gasteiger partial charge on any atom is 0.244 e. The molecule has 1 amide bonds. The van der Waals surface area contributed by atoms with Crippen LogP contribution in [-0.2, 0) is 11.3 Å². The first kappa shape index (κ1) is 24.0. The fraction of sp³-hybridized carbons (Fsp3) is 0.207. The quantitative estimate of drug-likeness (QED) is 0.352. The number of pyridine rings is 1. The molecular formula is C29H28N2O4. The van der Waals surface area contributed by atoms with Gasteiger partial charge >= 0.3 is 0 Å². The Morgan fingerprint density at radius 3 is 2.34 bits per heavy atom. The maximum absolute atomic E-state index is 13.3. The zero-order valence-electron chi connectivity index (χ0n) is 20.1. The molecule has 0 radical (unpaired) electrons. The van der Waals surface area contributed by atoms with Gasteiger partial charge in [-0.25, -0.2) is 0 Å². The van der Waals surface area contributed by atoms with Crippen LogP contribution in [0, 0.1) is 0 Å². The van der Waals surface area contributed by atoms with E-state index in [1.54, 1.807) is 47.0 Å². The molecule has 0 saturated carbocycles. The molecule has 0 aliphatic heterocycles. The molecule has 3 aromatic carbocycles. The van der Waals surface area contributed by atoms with Crippen LogP contribution in [0.5, 0.6) is 5.75 Å². The normalized spacial score (nSPS) is 11.0. The monoisotopic (exact) mass is 468 g/mol. The number of fused-ring (bicyclic) bond motifs is 1. The lowest BCUT2D eigenvalue weighted by atomic mass is 10.0. The molecule has 0 unspecified atom stereocenters. The summed E-state index contributed by atoms with van der Waals surface area (Å²) in [6.45, 7) is 6.46. The van der Waals surface area contributed by atoms with Crippen LogP contribution in [0.1, 0.15) is 48.2 Å². The Labute approximate surface area is 204 Å². The van der Waals surface area contributed by atoms with Gasteiger partial charge in [0.2, 0.25) is 11.3 Å². The first-order chi connectivity index (χ1) is 16.9. The second-order valence-electron chi connectivity index (χ2n) is 8.63. The Morgan fingerprint density at radius 1 is 0.971 bits per heavy atom. The van der Waals surface area contributed by atoms with Crippen LogP contribution in [-0.4, -0.2) is 22.9 Å². The molecule has 0 aliphatic carbocycles. The molecule has 1 heterocycles. The highest BCUT2D eigenvalue weighted by atomic mass is 16.5. The smallest absolute Gasteiger partial charge is 0.244 e. The SMILES string of the molecule is CCOc1ccc2c(c1)c(=O)c(C(=O)c1ccccc1)cn2CC(=O)Nc1ccc(C(C)C)cc1. The van der Waals surface area contributed by atoms with Gasteiger partial charge < -0.3 is 14.6 Å². The van der Waals surface area contributed by atoms with Gasteiger partial charge in [-0.1, -0.05) is 56.3 Å². The summed E-state index contributed by atoms with van der Waals surface area (Å²) in [5.74, 6) is 0.272. The van der Waals surface area contributed by atoms with E-state index in [-0.39, 0.29) is 18.0 Å². The number of hydrogen-bond donors (Lipinski definition) is 1. The Bertz CT molecular complexity index is 1420. The number of aromatic nitrogens is 1. The van der Waals surface area contributed by atoms with Crippen LogP contribution in [0.2, 0.25) is 0 Å². The van der Waals surface area contributed by atoms with E-state index in [1.165, 1.54) is 11.8 Å². The number of benzene rings is 3. The van der Waals surface area contributed by atoms with Gasteiger partial charge in [0.1, 0.15) is 12.3 Å². The van der Waals surface area contributed by atoms with Crippen LogP contribution in [0.15, 0.2) is 83.8 Å². The molecule has 0 aliphatic rings. The third kappa shape index (κ3) is 5.32. The van der Waals surface area contributed by atoms with Crippen molar-refractivity contribution in [2.75, 3.05) is 11.9 Å². The number of carbonyl (C=O) groups excluding carboxylic acids is 2. The molecule has 0 bridgehead atoms. The predicted molar refractivity (Wildman–Crippen MR) is 138 cm³/mol. The van der Waals surface area contributed by atoms with Crippen LogP contribution < -0.4 is 15.5 Å². The van der Waals surface area contributed by atoms with Crippen molar-refractivity contribution in [2.24, 2.45) is 0 Å². The first-order valence-corrected chi connectivity index (χ1v) is 11.7. The number of nitrogens with zero attached hydrogens (tertiary/aromatic N) is 1. The molecule has 6 heteroatoms. The lowest BCUT2D eigenvalue weighted by molar-refractivity contribution is -0.116. The van der Waals surface area contributed by atoms with Crippen molar-refractivity contribution in [1.82, 2.24) is 4.57 Å². The van der Waals surface area contributed by atoms with E-state index in [4.69, 9.17) is 4.74 Å². The highest BCUT2D eigenvalue weighted by molar-refractivity contribution is 6.10. The molecule has 178 valence electrons. The highest BCUT2D eigenvalue weighted by Gasteiger charge is 2.19. The molecule has 4 aromatic rings. The number of amides is 1. The summed E-state index contributed by atoms with van der Waals surface area (Å²) in [6.07, 6.45) is 1.47. The third-order valence-electron chi connectivity index (χ3n) is 5.82. The van der Waals surface area contributed by atoms with Crippen LogP contribution >= 0.6 is 0 Å².